The topological polar surface area (TPSA) is 65.5 Å². The molecule has 160 valence electrons. The van der Waals surface area contributed by atoms with Gasteiger partial charge in [-0.15, -0.1) is 0 Å². The molecule has 1 saturated carbocycles. The monoisotopic (exact) mass is 407 g/mol. The van der Waals surface area contributed by atoms with Gasteiger partial charge in [0, 0.05) is 24.0 Å². The lowest BCUT2D eigenvalue weighted by molar-refractivity contribution is -0.0454. The summed E-state index contributed by atoms with van der Waals surface area (Å²) in [4.78, 5) is 16.3. The number of hydroxylamine groups is 2. The molecule has 3 rings (SSSR count). The second-order valence-corrected chi connectivity index (χ2v) is 7.98. The molecule has 2 N–H and O–H groups in total. The number of aromatic nitrogens is 1. The highest BCUT2D eigenvalue weighted by Crippen LogP contribution is 2.24. The van der Waals surface area contributed by atoms with Gasteiger partial charge in [-0.3, -0.25) is 10.2 Å². The fourth-order valence-corrected chi connectivity index (χ4v) is 3.97. The van der Waals surface area contributed by atoms with Crippen LogP contribution in [-0.2, 0) is 0 Å². The van der Waals surface area contributed by atoms with E-state index in [2.05, 4.69) is 34.6 Å². The molecule has 2 amide bonds. The maximum Gasteiger partial charge on any atom is 0.341 e. The standard InChI is InChI=1S/C25H33N3O2/c29-25(27-23-15-7-4-8-16-23)28(30)19-10-2-1-9-17-24(21-12-5-3-6-13-21)22-14-11-18-26-20-22/h3,5-6,11-14,17-18,20,23,30H,1-2,4,7-10,15-16,19H2,(H,27,29). The number of pyridine rings is 1. The van der Waals surface area contributed by atoms with Crippen LogP contribution in [0.1, 0.15) is 68.9 Å². The van der Waals surface area contributed by atoms with E-state index in [4.69, 9.17) is 0 Å². The largest absolute Gasteiger partial charge is 0.341 e. The molecule has 0 atom stereocenters. The number of allylic oxidation sites excluding steroid dienone is 1. The van der Waals surface area contributed by atoms with E-state index in [1.165, 1.54) is 17.6 Å². The molecule has 1 aromatic carbocycles. The third-order valence-corrected chi connectivity index (χ3v) is 5.65. The quantitative estimate of drug-likeness (QED) is 0.313. The van der Waals surface area contributed by atoms with Crippen LogP contribution in [0.2, 0.25) is 0 Å². The van der Waals surface area contributed by atoms with Gasteiger partial charge in [0.1, 0.15) is 0 Å². The number of carbonyl (C=O) groups excluding carboxylic acids is 1. The number of hydrogen-bond acceptors (Lipinski definition) is 3. The molecule has 1 aliphatic rings. The molecule has 1 fully saturated rings. The summed E-state index contributed by atoms with van der Waals surface area (Å²) in [7, 11) is 0. The molecule has 0 spiro atoms. The van der Waals surface area contributed by atoms with E-state index in [1.807, 2.05) is 30.5 Å². The smallest absolute Gasteiger partial charge is 0.333 e. The Morgan fingerprint density at radius 2 is 1.80 bits per heavy atom. The summed E-state index contributed by atoms with van der Waals surface area (Å²) in [6, 6.07) is 14.3. The van der Waals surface area contributed by atoms with Crippen molar-refractivity contribution in [2.75, 3.05) is 6.54 Å². The van der Waals surface area contributed by atoms with E-state index in [-0.39, 0.29) is 12.1 Å². The minimum absolute atomic E-state index is 0.218. The number of nitrogens with zero attached hydrogens (tertiary/aromatic N) is 2. The number of carbonyl (C=O) groups is 1. The van der Waals surface area contributed by atoms with Crippen molar-refractivity contribution in [1.82, 2.24) is 15.4 Å². The van der Waals surface area contributed by atoms with Crippen LogP contribution in [-0.4, -0.2) is 33.9 Å². The van der Waals surface area contributed by atoms with Gasteiger partial charge >= 0.3 is 6.03 Å². The maximum absolute atomic E-state index is 12.1. The molecular formula is C25H33N3O2. The molecule has 0 saturated heterocycles. The molecule has 5 heteroatoms. The van der Waals surface area contributed by atoms with Crippen molar-refractivity contribution >= 4 is 11.6 Å². The van der Waals surface area contributed by atoms with Crippen LogP contribution in [0.25, 0.3) is 5.57 Å². The van der Waals surface area contributed by atoms with Crippen molar-refractivity contribution < 1.29 is 10.0 Å². The lowest BCUT2D eigenvalue weighted by Gasteiger charge is -2.25. The van der Waals surface area contributed by atoms with Crippen molar-refractivity contribution in [3.05, 3.63) is 72.1 Å². The van der Waals surface area contributed by atoms with E-state index in [1.54, 1.807) is 6.20 Å². The predicted octanol–water partition coefficient (Wildman–Crippen LogP) is 5.81. The summed E-state index contributed by atoms with van der Waals surface area (Å²) in [6.07, 6.45) is 15.3. The number of benzene rings is 1. The molecular weight excluding hydrogens is 374 g/mol. The number of urea groups is 1. The second-order valence-electron chi connectivity index (χ2n) is 7.98. The Hall–Kier alpha value is -2.66. The van der Waals surface area contributed by atoms with Gasteiger partial charge in [0.2, 0.25) is 0 Å². The van der Waals surface area contributed by atoms with Gasteiger partial charge in [0.05, 0.1) is 6.54 Å². The highest BCUT2D eigenvalue weighted by Gasteiger charge is 2.18. The molecule has 0 radical (unpaired) electrons. The molecule has 30 heavy (non-hydrogen) atoms. The minimum atomic E-state index is -0.357. The SMILES string of the molecule is O=C(NC1CCCCC1)N(O)CCCCCC=C(c1ccccc1)c1cccnc1. The van der Waals surface area contributed by atoms with E-state index < -0.39 is 0 Å². The van der Waals surface area contributed by atoms with Gasteiger partial charge in [-0.25, -0.2) is 9.86 Å². The van der Waals surface area contributed by atoms with Gasteiger partial charge in [-0.2, -0.15) is 0 Å². The fourth-order valence-electron chi connectivity index (χ4n) is 3.97. The number of hydrogen-bond donors (Lipinski definition) is 2. The van der Waals surface area contributed by atoms with Crippen molar-refractivity contribution in [3.8, 4) is 0 Å². The third kappa shape index (κ3) is 6.99. The number of nitrogens with one attached hydrogen (secondary N) is 1. The number of rotatable bonds is 9. The zero-order valence-electron chi connectivity index (χ0n) is 17.7. The number of amides is 2. The van der Waals surface area contributed by atoms with Gasteiger partial charge in [0.15, 0.2) is 0 Å². The Bertz CT molecular complexity index is 745. The fraction of sp³-hybridized carbons (Fsp3) is 0.440. The molecule has 2 aromatic rings. The maximum atomic E-state index is 12.1. The van der Waals surface area contributed by atoms with Crippen LogP contribution >= 0.6 is 0 Å². The summed E-state index contributed by atoms with van der Waals surface area (Å²) in [6.45, 7) is 0.371. The molecule has 1 heterocycles. The van der Waals surface area contributed by atoms with Crippen LogP contribution in [0.5, 0.6) is 0 Å². The van der Waals surface area contributed by atoms with Gasteiger partial charge in [-0.1, -0.05) is 68.2 Å². The van der Waals surface area contributed by atoms with Crippen molar-refractivity contribution in [2.45, 2.75) is 63.8 Å². The van der Waals surface area contributed by atoms with E-state index in [0.717, 1.165) is 62.0 Å². The zero-order chi connectivity index (χ0) is 21.0. The molecule has 5 nitrogen and oxygen atoms in total. The van der Waals surface area contributed by atoms with Crippen LogP contribution < -0.4 is 5.32 Å². The molecule has 1 aliphatic carbocycles. The summed E-state index contributed by atoms with van der Waals surface area (Å²) >= 11 is 0. The Labute approximate surface area is 179 Å². The van der Waals surface area contributed by atoms with Crippen molar-refractivity contribution in [3.63, 3.8) is 0 Å². The van der Waals surface area contributed by atoms with E-state index in [0.29, 0.717) is 6.54 Å². The van der Waals surface area contributed by atoms with Crippen LogP contribution in [0.15, 0.2) is 60.9 Å². The highest BCUT2D eigenvalue weighted by atomic mass is 16.5. The first kappa shape index (κ1) is 22.0. The second kappa shape index (κ2) is 12.1. The average Bonchev–Trinajstić information content (AvgIpc) is 2.80. The molecule has 1 aromatic heterocycles. The van der Waals surface area contributed by atoms with Crippen LogP contribution in [0.4, 0.5) is 4.79 Å². The first-order valence-electron chi connectivity index (χ1n) is 11.2. The normalized spacial score (nSPS) is 15.0. The average molecular weight is 408 g/mol. The van der Waals surface area contributed by atoms with Crippen molar-refractivity contribution in [1.29, 1.82) is 0 Å². The Balaban J connectivity index is 1.42. The summed E-state index contributed by atoms with van der Waals surface area (Å²) in [5.41, 5.74) is 3.50. The third-order valence-electron chi connectivity index (χ3n) is 5.65. The van der Waals surface area contributed by atoms with Gasteiger partial charge in [0.25, 0.3) is 0 Å². The van der Waals surface area contributed by atoms with Crippen molar-refractivity contribution in [2.24, 2.45) is 0 Å². The lowest BCUT2D eigenvalue weighted by atomic mass is 9.96. The zero-order valence-corrected chi connectivity index (χ0v) is 17.7. The Morgan fingerprint density at radius 1 is 1.03 bits per heavy atom. The van der Waals surface area contributed by atoms with Gasteiger partial charge in [-0.05, 0) is 49.3 Å². The highest BCUT2D eigenvalue weighted by molar-refractivity contribution is 5.79. The number of unbranched alkanes of at least 4 members (excludes halogenated alkanes) is 3. The molecule has 0 aliphatic heterocycles. The van der Waals surface area contributed by atoms with E-state index >= 15 is 0 Å². The summed E-state index contributed by atoms with van der Waals surface area (Å²) < 4.78 is 0. The van der Waals surface area contributed by atoms with E-state index in [9.17, 15) is 10.0 Å². The van der Waals surface area contributed by atoms with Gasteiger partial charge < -0.3 is 5.32 Å². The first-order valence-corrected chi connectivity index (χ1v) is 11.2. The summed E-state index contributed by atoms with van der Waals surface area (Å²) in [5.74, 6) is 0. The van der Waals surface area contributed by atoms with Crippen LogP contribution in [0, 0.1) is 0 Å². The van der Waals surface area contributed by atoms with Crippen LogP contribution in [0.3, 0.4) is 0 Å². The lowest BCUT2D eigenvalue weighted by Crippen LogP contribution is -2.44. The summed E-state index contributed by atoms with van der Waals surface area (Å²) in [5, 5.41) is 13.8. The molecule has 0 bridgehead atoms. The Kier molecular flexibility index (Phi) is 8.91. The molecule has 0 unspecified atom stereocenters. The minimum Gasteiger partial charge on any atom is -0.333 e. The predicted molar refractivity (Wildman–Crippen MR) is 120 cm³/mol. The Morgan fingerprint density at radius 3 is 2.53 bits per heavy atom. The first-order chi connectivity index (χ1) is 14.7.